The number of nitrogens with two attached hydrogens (primary N) is 1. The number of halogens is 1. The molecule has 2 rings (SSSR count). The number of hydrogen-bond donors (Lipinski definition) is 2. The van der Waals surface area contributed by atoms with E-state index in [0.29, 0.717) is 5.02 Å². The second kappa shape index (κ2) is 5.48. The van der Waals surface area contributed by atoms with Gasteiger partial charge >= 0.3 is 0 Å². The lowest BCUT2D eigenvalue weighted by atomic mass is 10.0. The van der Waals surface area contributed by atoms with Gasteiger partial charge in [0.2, 0.25) is 0 Å². The Bertz CT molecular complexity index is 537. The van der Waals surface area contributed by atoms with E-state index < -0.39 is 0 Å². The summed E-state index contributed by atoms with van der Waals surface area (Å²) < 4.78 is 1.84. The van der Waals surface area contributed by atoms with Gasteiger partial charge in [-0.25, -0.2) is 5.43 Å². The average molecular weight is 266 g/mol. The Labute approximate surface area is 111 Å². The maximum absolute atomic E-state index is 6.20. The first-order valence-electron chi connectivity index (χ1n) is 5.76. The van der Waals surface area contributed by atoms with Gasteiger partial charge in [0.15, 0.2) is 0 Å². The van der Waals surface area contributed by atoms with Crippen molar-refractivity contribution in [1.29, 1.82) is 0 Å². The molecule has 0 saturated heterocycles. The van der Waals surface area contributed by atoms with Gasteiger partial charge in [-0.1, -0.05) is 11.6 Å². The van der Waals surface area contributed by atoms with Gasteiger partial charge in [-0.15, -0.1) is 0 Å². The van der Waals surface area contributed by atoms with Crippen LogP contribution in [-0.2, 0) is 6.54 Å². The van der Waals surface area contributed by atoms with Crippen LogP contribution in [0.2, 0.25) is 5.02 Å². The van der Waals surface area contributed by atoms with E-state index in [1.807, 2.05) is 24.6 Å². The molecule has 0 aliphatic heterocycles. The second-order valence-corrected chi connectivity index (χ2v) is 4.43. The molecule has 2 aromatic rings. The number of nitrogens with zero attached hydrogens (tertiary/aromatic N) is 3. The Morgan fingerprint density at radius 1 is 1.50 bits per heavy atom. The monoisotopic (exact) mass is 265 g/mol. The summed E-state index contributed by atoms with van der Waals surface area (Å²) in [6.45, 7) is 4.75. The Balaban J connectivity index is 2.52. The number of hydrazine groups is 1. The molecule has 0 aliphatic rings. The van der Waals surface area contributed by atoms with Crippen LogP contribution in [0.5, 0.6) is 0 Å². The van der Waals surface area contributed by atoms with Crippen LogP contribution in [0.15, 0.2) is 24.7 Å². The van der Waals surface area contributed by atoms with Crippen molar-refractivity contribution >= 4 is 11.6 Å². The van der Waals surface area contributed by atoms with E-state index in [1.165, 1.54) is 0 Å². The minimum Gasteiger partial charge on any atom is -0.271 e. The molecule has 0 aliphatic carbocycles. The predicted molar refractivity (Wildman–Crippen MR) is 71.1 cm³/mol. The van der Waals surface area contributed by atoms with E-state index in [9.17, 15) is 0 Å². The van der Waals surface area contributed by atoms with Crippen molar-refractivity contribution in [3.05, 3.63) is 46.5 Å². The van der Waals surface area contributed by atoms with Gasteiger partial charge in [0.25, 0.3) is 0 Å². The van der Waals surface area contributed by atoms with Crippen LogP contribution in [-0.4, -0.2) is 14.8 Å². The molecule has 0 radical (unpaired) electrons. The quantitative estimate of drug-likeness (QED) is 0.654. The number of nitrogens with one attached hydrogen (secondary N) is 1. The Morgan fingerprint density at radius 2 is 2.28 bits per heavy atom. The van der Waals surface area contributed by atoms with Gasteiger partial charge in [-0.2, -0.15) is 5.10 Å². The van der Waals surface area contributed by atoms with Crippen LogP contribution in [0.1, 0.15) is 29.8 Å². The summed E-state index contributed by atoms with van der Waals surface area (Å²) in [6.07, 6.45) is 5.19. The third kappa shape index (κ3) is 2.25. The zero-order valence-electron chi connectivity index (χ0n) is 10.4. The van der Waals surface area contributed by atoms with Crippen LogP contribution in [0.3, 0.4) is 0 Å². The van der Waals surface area contributed by atoms with E-state index in [2.05, 4.69) is 15.5 Å². The highest BCUT2D eigenvalue weighted by Crippen LogP contribution is 2.29. The summed E-state index contributed by atoms with van der Waals surface area (Å²) in [5.74, 6) is 5.69. The Hall–Kier alpha value is -1.43. The summed E-state index contributed by atoms with van der Waals surface area (Å²) in [7, 11) is 0. The largest absolute Gasteiger partial charge is 0.271 e. The number of pyridine rings is 1. The molecule has 0 spiro atoms. The standard InChI is InChI=1S/C12H16ClN5/c1-3-18-12(10(13)7-16-18)11(17-14)9-4-5-15-6-8(9)2/h4-7,11,17H,3,14H2,1-2H3. The normalized spacial score (nSPS) is 12.7. The van der Waals surface area contributed by atoms with Gasteiger partial charge in [0.1, 0.15) is 0 Å². The maximum atomic E-state index is 6.20. The van der Waals surface area contributed by atoms with Crippen molar-refractivity contribution in [2.75, 3.05) is 0 Å². The first kappa shape index (κ1) is 13.0. The van der Waals surface area contributed by atoms with Crippen molar-refractivity contribution in [3.8, 4) is 0 Å². The molecular weight excluding hydrogens is 250 g/mol. The van der Waals surface area contributed by atoms with Crippen LogP contribution < -0.4 is 11.3 Å². The summed E-state index contributed by atoms with van der Waals surface area (Å²) in [5, 5.41) is 4.84. The molecule has 0 saturated carbocycles. The minimum absolute atomic E-state index is 0.192. The molecule has 1 unspecified atom stereocenters. The van der Waals surface area contributed by atoms with Crippen molar-refractivity contribution in [2.45, 2.75) is 26.4 Å². The second-order valence-electron chi connectivity index (χ2n) is 4.03. The van der Waals surface area contributed by atoms with Crippen LogP contribution in [0, 0.1) is 6.92 Å². The average Bonchev–Trinajstić information content (AvgIpc) is 2.74. The Kier molecular flexibility index (Phi) is 3.96. The molecule has 0 bridgehead atoms. The van der Waals surface area contributed by atoms with Crippen LogP contribution >= 0.6 is 11.6 Å². The third-order valence-electron chi connectivity index (χ3n) is 2.95. The zero-order chi connectivity index (χ0) is 13.1. The summed E-state index contributed by atoms with van der Waals surface area (Å²) in [6, 6.07) is 1.74. The predicted octanol–water partition coefficient (Wildman–Crippen LogP) is 1.81. The molecule has 96 valence electrons. The molecule has 0 amide bonds. The lowest BCUT2D eigenvalue weighted by Gasteiger charge is -2.19. The molecule has 18 heavy (non-hydrogen) atoms. The van der Waals surface area contributed by atoms with Gasteiger partial charge in [0, 0.05) is 18.9 Å². The number of hydrogen-bond acceptors (Lipinski definition) is 4. The number of aryl methyl sites for hydroxylation is 2. The lowest BCUT2D eigenvalue weighted by molar-refractivity contribution is 0.542. The fourth-order valence-electron chi connectivity index (χ4n) is 2.03. The van der Waals surface area contributed by atoms with E-state index >= 15 is 0 Å². The van der Waals surface area contributed by atoms with Crippen molar-refractivity contribution in [1.82, 2.24) is 20.2 Å². The molecule has 1 atom stereocenters. The smallest absolute Gasteiger partial charge is 0.0897 e. The summed E-state index contributed by atoms with van der Waals surface area (Å²) in [5.41, 5.74) is 5.78. The van der Waals surface area contributed by atoms with E-state index in [4.69, 9.17) is 17.4 Å². The fourth-order valence-corrected chi connectivity index (χ4v) is 2.29. The van der Waals surface area contributed by atoms with Gasteiger partial charge in [-0.3, -0.25) is 15.5 Å². The van der Waals surface area contributed by atoms with Crippen molar-refractivity contribution < 1.29 is 0 Å². The highest BCUT2D eigenvalue weighted by molar-refractivity contribution is 6.31. The van der Waals surface area contributed by atoms with Gasteiger partial charge in [0.05, 0.1) is 23.0 Å². The van der Waals surface area contributed by atoms with E-state index in [0.717, 1.165) is 23.4 Å². The molecule has 5 nitrogen and oxygen atoms in total. The fraction of sp³-hybridized carbons (Fsp3) is 0.333. The Morgan fingerprint density at radius 3 is 2.89 bits per heavy atom. The van der Waals surface area contributed by atoms with Crippen molar-refractivity contribution in [3.63, 3.8) is 0 Å². The molecule has 2 aromatic heterocycles. The topological polar surface area (TPSA) is 68.8 Å². The molecule has 2 heterocycles. The molecule has 0 aromatic carbocycles. The molecule has 6 heteroatoms. The lowest BCUT2D eigenvalue weighted by Crippen LogP contribution is -2.31. The highest BCUT2D eigenvalue weighted by atomic mass is 35.5. The summed E-state index contributed by atoms with van der Waals surface area (Å²) in [4.78, 5) is 4.08. The van der Waals surface area contributed by atoms with Crippen molar-refractivity contribution in [2.24, 2.45) is 5.84 Å². The molecular formula is C12H16ClN5. The zero-order valence-corrected chi connectivity index (χ0v) is 11.1. The molecule has 0 fully saturated rings. The van der Waals surface area contributed by atoms with Crippen LogP contribution in [0.4, 0.5) is 0 Å². The first-order chi connectivity index (χ1) is 8.69. The van der Waals surface area contributed by atoms with Gasteiger partial charge in [-0.05, 0) is 31.0 Å². The van der Waals surface area contributed by atoms with Gasteiger partial charge < -0.3 is 0 Å². The number of rotatable bonds is 4. The SMILES string of the molecule is CCn1ncc(Cl)c1C(NN)c1ccncc1C. The first-order valence-corrected chi connectivity index (χ1v) is 6.14. The molecule has 3 N–H and O–H groups in total. The summed E-state index contributed by atoms with van der Waals surface area (Å²) >= 11 is 6.20. The maximum Gasteiger partial charge on any atom is 0.0897 e. The van der Waals surface area contributed by atoms with E-state index in [-0.39, 0.29) is 6.04 Å². The minimum atomic E-state index is -0.192. The van der Waals surface area contributed by atoms with Crippen LogP contribution in [0.25, 0.3) is 0 Å². The van der Waals surface area contributed by atoms with E-state index in [1.54, 1.807) is 18.6 Å². The highest BCUT2D eigenvalue weighted by Gasteiger charge is 2.21. The number of aromatic nitrogens is 3. The third-order valence-corrected chi connectivity index (χ3v) is 3.24.